The number of carbonyl (C=O) groups is 1. The van der Waals surface area contributed by atoms with Gasteiger partial charge in [-0.3, -0.25) is 4.79 Å². The van der Waals surface area contributed by atoms with Crippen LogP contribution in [0.3, 0.4) is 0 Å². The zero-order valence-electron chi connectivity index (χ0n) is 9.58. The number of hydrogen-bond donors (Lipinski definition) is 0. The maximum atomic E-state index is 11.3. The molecule has 0 bridgehead atoms. The Morgan fingerprint density at radius 3 is 2.67 bits per heavy atom. The average molecular weight is 203 g/mol. The molecule has 15 heavy (non-hydrogen) atoms. The van der Waals surface area contributed by atoms with Crippen molar-refractivity contribution in [3.05, 3.63) is 47.5 Å². The van der Waals surface area contributed by atoms with Gasteiger partial charge in [-0.05, 0) is 31.1 Å². The van der Waals surface area contributed by atoms with Gasteiger partial charge in [-0.15, -0.1) is 0 Å². The van der Waals surface area contributed by atoms with Crippen LogP contribution in [0.2, 0.25) is 0 Å². The first-order valence-electron chi connectivity index (χ1n) is 4.98. The van der Waals surface area contributed by atoms with Crippen LogP contribution in [0.25, 0.3) is 0 Å². The first kappa shape index (κ1) is 11.5. The van der Waals surface area contributed by atoms with Crippen LogP contribution in [0, 0.1) is 13.8 Å². The molecule has 0 N–H and O–H groups in total. The van der Waals surface area contributed by atoms with Crippen LogP contribution in [-0.4, -0.2) is 17.9 Å². The van der Waals surface area contributed by atoms with Gasteiger partial charge in [0, 0.05) is 13.6 Å². The molecule has 0 saturated carbocycles. The van der Waals surface area contributed by atoms with Gasteiger partial charge in [-0.1, -0.05) is 30.3 Å². The van der Waals surface area contributed by atoms with Crippen molar-refractivity contribution in [2.75, 3.05) is 7.05 Å². The molecule has 1 aromatic rings. The van der Waals surface area contributed by atoms with E-state index in [9.17, 15) is 4.79 Å². The normalized spacial score (nSPS) is 9.80. The van der Waals surface area contributed by atoms with E-state index in [2.05, 4.69) is 38.6 Å². The van der Waals surface area contributed by atoms with Gasteiger partial charge < -0.3 is 4.90 Å². The topological polar surface area (TPSA) is 20.3 Å². The summed E-state index contributed by atoms with van der Waals surface area (Å²) in [6.45, 7) is 8.23. The summed E-state index contributed by atoms with van der Waals surface area (Å²) in [5, 5.41) is 0. The Balaban J connectivity index is 2.81. The minimum atomic E-state index is -0.0463. The van der Waals surface area contributed by atoms with Crippen molar-refractivity contribution in [3.8, 4) is 0 Å². The van der Waals surface area contributed by atoms with Crippen LogP contribution >= 0.6 is 0 Å². The van der Waals surface area contributed by atoms with E-state index in [1.165, 1.54) is 22.8 Å². The minimum Gasteiger partial charge on any atom is -0.338 e. The molecular weight excluding hydrogens is 186 g/mol. The summed E-state index contributed by atoms with van der Waals surface area (Å²) < 4.78 is 0. The molecule has 1 amide bonds. The Labute approximate surface area is 91.2 Å². The fourth-order valence-electron chi connectivity index (χ4n) is 1.51. The monoisotopic (exact) mass is 203 g/mol. The first-order chi connectivity index (χ1) is 7.04. The maximum absolute atomic E-state index is 11.3. The van der Waals surface area contributed by atoms with E-state index in [-0.39, 0.29) is 5.91 Å². The van der Waals surface area contributed by atoms with E-state index < -0.39 is 0 Å². The smallest absolute Gasteiger partial charge is 0.245 e. The van der Waals surface area contributed by atoms with Crippen molar-refractivity contribution in [2.45, 2.75) is 20.4 Å². The molecule has 0 fully saturated rings. The predicted octanol–water partition coefficient (Wildman–Crippen LogP) is 2.45. The molecule has 0 radical (unpaired) electrons. The predicted molar refractivity (Wildman–Crippen MR) is 62.6 cm³/mol. The lowest BCUT2D eigenvalue weighted by atomic mass is 10.1. The van der Waals surface area contributed by atoms with Gasteiger partial charge in [-0.25, -0.2) is 0 Å². The number of nitrogens with zero attached hydrogens (tertiary/aromatic N) is 1. The van der Waals surface area contributed by atoms with Crippen molar-refractivity contribution >= 4 is 5.91 Å². The minimum absolute atomic E-state index is 0.0463. The van der Waals surface area contributed by atoms with Crippen molar-refractivity contribution in [2.24, 2.45) is 0 Å². The number of carbonyl (C=O) groups excluding carboxylic acids is 1. The molecule has 0 saturated heterocycles. The highest BCUT2D eigenvalue weighted by atomic mass is 16.2. The van der Waals surface area contributed by atoms with Crippen molar-refractivity contribution in [1.29, 1.82) is 0 Å². The summed E-state index contributed by atoms with van der Waals surface area (Å²) in [4.78, 5) is 13.0. The molecular formula is C13H17NO. The number of hydrogen-bond acceptors (Lipinski definition) is 1. The van der Waals surface area contributed by atoms with Crippen LogP contribution < -0.4 is 0 Å². The van der Waals surface area contributed by atoms with E-state index in [1.807, 2.05) is 0 Å². The molecule has 0 aliphatic heterocycles. The second-order valence-electron chi connectivity index (χ2n) is 3.83. The standard InChI is InChI=1S/C13H17NO/c1-5-13(15)14(4)9-12-7-6-10(2)8-11(12)3/h5-8H,1,9H2,2-4H3. The first-order valence-corrected chi connectivity index (χ1v) is 4.98. The largest absolute Gasteiger partial charge is 0.338 e. The number of aryl methyl sites for hydroxylation is 2. The molecule has 2 heteroatoms. The summed E-state index contributed by atoms with van der Waals surface area (Å²) in [5.74, 6) is -0.0463. The van der Waals surface area contributed by atoms with E-state index in [1.54, 1.807) is 11.9 Å². The van der Waals surface area contributed by atoms with Crippen LogP contribution in [0.5, 0.6) is 0 Å². The number of rotatable bonds is 3. The number of benzene rings is 1. The van der Waals surface area contributed by atoms with Crippen LogP contribution in [0.1, 0.15) is 16.7 Å². The zero-order chi connectivity index (χ0) is 11.4. The highest BCUT2D eigenvalue weighted by molar-refractivity contribution is 5.86. The molecule has 0 atom stereocenters. The van der Waals surface area contributed by atoms with Gasteiger partial charge in [0.15, 0.2) is 0 Å². The number of likely N-dealkylation sites (N-methyl/N-ethyl adjacent to an activating group) is 1. The Morgan fingerprint density at radius 1 is 1.47 bits per heavy atom. The Bertz CT molecular complexity index is 382. The van der Waals surface area contributed by atoms with E-state index in [4.69, 9.17) is 0 Å². The van der Waals surface area contributed by atoms with Crippen LogP contribution in [-0.2, 0) is 11.3 Å². The molecule has 0 aliphatic rings. The molecule has 0 heterocycles. The van der Waals surface area contributed by atoms with Gasteiger partial charge in [0.25, 0.3) is 0 Å². The third-order valence-corrected chi connectivity index (χ3v) is 2.46. The zero-order valence-corrected chi connectivity index (χ0v) is 9.58. The lowest BCUT2D eigenvalue weighted by molar-refractivity contribution is -0.125. The Hall–Kier alpha value is -1.57. The molecule has 1 aromatic carbocycles. The highest BCUT2D eigenvalue weighted by Gasteiger charge is 2.06. The summed E-state index contributed by atoms with van der Waals surface area (Å²) in [5.41, 5.74) is 3.64. The maximum Gasteiger partial charge on any atom is 0.245 e. The fraction of sp³-hybridized carbons (Fsp3) is 0.308. The van der Waals surface area contributed by atoms with Gasteiger partial charge in [0.2, 0.25) is 5.91 Å². The summed E-state index contributed by atoms with van der Waals surface area (Å²) in [7, 11) is 1.78. The van der Waals surface area contributed by atoms with Crippen LogP contribution in [0.4, 0.5) is 0 Å². The Morgan fingerprint density at radius 2 is 2.13 bits per heavy atom. The molecule has 80 valence electrons. The number of amides is 1. The second-order valence-corrected chi connectivity index (χ2v) is 3.83. The molecule has 1 rings (SSSR count). The van der Waals surface area contributed by atoms with Gasteiger partial charge in [0.05, 0.1) is 0 Å². The molecule has 2 nitrogen and oxygen atoms in total. The Kier molecular flexibility index (Phi) is 3.67. The van der Waals surface area contributed by atoms with Gasteiger partial charge in [-0.2, -0.15) is 0 Å². The second kappa shape index (κ2) is 4.78. The van der Waals surface area contributed by atoms with Crippen molar-refractivity contribution in [3.63, 3.8) is 0 Å². The molecule has 0 aromatic heterocycles. The lowest BCUT2D eigenvalue weighted by Crippen LogP contribution is -2.24. The third kappa shape index (κ3) is 2.94. The van der Waals surface area contributed by atoms with Crippen molar-refractivity contribution in [1.82, 2.24) is 4.90 Å². The highest BCUT2D eigenvalue weighted by Crippen LogP contribution is 2.12. The third-order valence-electron chi connectivity index (χ3n) is 2.46. The van der Waals surface area contributed by atoms with Crippen LogP contribution in [0.15, 0.2) is 30.9 Å². The van der Waals surface area contributed by atoms with Crippen molar-refractivity contribution < 1.29 is 4.79 Å². The van der Waals surface area contributed by atoms with Gasteiger partial charge >= 0.3 is 0 Å². The summed E-state index contributed by atoms with van der Waals surface area (Å²) in [6.07, 6.45) is 1.34. The SMILES string of the molecule is C=CC(=O)N(C)Cc1ccc(C)cc1C. The van der Waals surface area contributed by atoms with Gasteiger partial charge in [0.1, 0.15) is 0 Å². The summed E-state index contributed by atoms with van der Waals surface area (Å²) >= 11 is 0. The summed E-state index contributed by atoms with van der Waals surface area (Å²) in [6, 6.07) is 6.26. The van der Waals surface area contributed by atoms with E-state index >= 15 is 0 Å². The molecule has 0 spiro atoms. The average Bonchev–Trinajstić information content (AvgIpc) is 2.20. The lowest BCUT2D eigenvalue weighted by Gasteiger charge is -2.16. The molecule has 0 unspecified atom stereocenters. The molecule has 0 aliphatic carbocycles. The quantitative estimate of drug-likeness (QED) is 0.691. The van der Waals surface area contributed by atoms with E-state index in [0.717, 1.165) is 0 Å². The fourth-order valence-corrected chi connectivity index (χ4v) is 1.51. The van der Waals surface area contributed by atoms with E-state index in [0.29, 0.717) is 6.54 Å².